The highest BCUT2D eigenvalue weighted by atomic mass is 35.5. The maximum atomic E-state index is 6.14. The van der Waals surface area contributed by atoms with E-state index in [0.29, 0.717) is 5.11 Å². The standard InChI is InChI=1S/C28H31ClN4S/c29-23-12-10-22(11-13-23)28(16-4-1-5-17-28)20-31-27(34)32-24-14-15-26(30-19-24)33-18-6-8-21-7-2-3-9-25(21)33/h2-3,7,9-15,19H,1,4-6,8,16-18,20H2,(H2,31,32,34). The first-order valence-corrected chi connectivity index (χ1v) is 13.0. The minimum absolute atomic E-state index is 0.0956. The van der Waals surface area contributed by atoms with Crippen LogP contribution in [0.3, 0.4) is 0 Å². The number of thiocarbonyl (C=S) groups is 1. The van der Waals surface area contributed by atoms with Crippen molar-refractivity contribution in [3.8, 4) is 0 Å². The quantitative estimate of drug-likeness (QED) is 0.376. The lowest BCUT2D eigenvalue weighted by molar-refractivity contribution is 0.292. The van der Waals surface area contributed by atoms with E-state index in [1.165, 1.54) is 36.1 Å². The monoisotopic (exact) mass is 490 g/mol. The number of pyridine rings is 1. The average Bonchev–Trinajstić information content (AvgIpc) is 2.89. The van der Waals surface area contributed by atoms with Crippen molar-refractivity contribution in [2.24, 2.45) is 0 Å². The van der Waals surface area contributed by atoms with Crippen LogP contribution in [0.4, 0.5) is 17.2 Å². The van der Waals surface area contributed by atoms with E-state index >= 15 is 0 Å². The minimum atomic E-state index is 0.0956. The van der Waals surface area contributed by atoms with E-state index in [1.807, 2.05) is 18.3 Å². The van der Waals surface area contributed by atoms with Crippen LogP contribution < -0.4 is 15.5 Å². The summed E-state index contributed by atoms with van der Waals surface area (Å²) >= 11 is 11.8. The van der Waals surface area contributed by atoms with Gasteiger partial charge in [-0.25, -0.2) is 4.98 Å². The number of para-hydroxylation sites is 1. The van der Waals surface area contributed by atoms with Crippen molar-refractivity contribution < 1.29 is 0 Å². The Morgan fingerprint density at radius 2 is 1.76 bits per heavy atom. The van der Waals surface area contributed by atoms with Crippen molar-refractivity contribution >= 4 is 46.1 Å². The Labute approximate surface area is 212 Å². The SMILES string of the molecule is S=C(NCC1(c2ccc(Cl)cc2)CCCCC1)Nc1ccc(N2CCCc3ccccc32)nc1. The van der Waals surface area contributed by atoms with Gasteiger partial charge in [0.15, 0.2) is 5.11 Å². The summed E-state index contributed by atoms with van der Waals surface area (Å²) < 4.78 is 0. The number of nitrogens with one attached hydrogen (secondary N) is 2. The Balaban J connectivity index is 1.23. The molecule has 1 saturated carbocycles. The summed E-state index contributed by atoms with van der Waals surface area (Å²) in [6.45, 7) is 1.81. The van der Waals surface area contributed by atoms with Gasteiger partial charge in [-0.3, -0.25) is 0 Å². The average molecular weight is 491 g/mol. The summed E-state index contributed by atoms with van der Waals surface area (Å²) in [6, 6.07) is 21.1. The normalized spacial score (nSPS) is 17.0. The van der Waals surface area contributed by atoms with Gasteiger partial charge in [0.2, 0.25) is 0 Å². The van der Waals surface area contributed by atoms with Crippen molar-refractivity contribution in [2.75, 3.05) is 23.3 Å². The second kappa shape index (κ2) is 10.3. The number of benzene rings is 2. The number of hydrogen-bond acceptors (Lipinski definition) is 3. The molecule has 0 bridgehead atoms. The predicted molar refractivity (Wildman–Crippen MR) is 146 cm³/mol. The highest BCUT2D eigenvalue weighted by Gasteiger charge is 2.34. The largest absolute Gasteiger partial charge is 0.362 e. The molecule has 0 spiro atoms. The summed E-state index contributed by atoms with van der Waals surface area (Å²) in [5, 5.41) is 8.24. The number of anilines is 3. The lowest BCUT2D eigenvalue weighted by Gasteiger charge is -2.38. The second-order valence-corrected chi connectivity index (χ2v) is 10.3. The molecule has 0 saturated heterocycles. The van der Waals surface area contributed by atoms with Crippen LogP contribution in [0, 0.1) is 0 Å². The van der Waals surface area contributed by atoms with Crippen LogP contribution in [0.1, 0.15) is 49.7 Å². The molecule has 2 aliphatic rings. The molecule has 1 aliphatic heterocycles. The first-order chi connectivity index (χ1) is 16.6. The number of rotatable bonds is 5. The van der Waals surface area contributed by atoms with Gasteiger partial charge in [0.25, 0.3) is 0 Å². The summed E-state index contributed by atoms with van der Waals surface area (Å²) in [5.41, 5.74) is 4.99. The summed E-state index contributed by atoms with van der Waals surface area (Å²) in [4.78, 5) is 7.04. The third kappa shape index (κ3) is 5.06. The molecule has 1 aliphatic carbocycles. The van der Waals surface area contributed by atoms with Crippen LogP contribution in [-0.2, 0) is 11.8 Å². The van der Waals surface area contributed by atoms with Crippen molar-refractivity contribution in [2.45, 2.75) is 50.4 Å². The second-order valence-electron chi connectivity index (χ2n) is 9.44. The molecule has 2 aromatic carbocycles. The molecule has 1 aromatic heterocycles. The molecule has 34 heavy (non-hydrogen) atoms. The van der Waals surface area contributed by atoms with Gasteiger partial charge in [-0.15, -0.1) is 0 Å². The Bertz CT molecular complexity index is 1120. The summed E-state index contributed by atoms with van der Waals surface area (Å²) in [7, 11) is 0. The Kier molecular flexibility index (Phi) is 7.02. The molecule has 176 valence electrons. The Morgan fingerprint density at radius 3 is 2.53 bits per heavy atom. The van der Waals surface area contributed by atoms with Gasteiger partial charge in [-0.2, -0.15) is 0 Å². The molecular weight excluding hydrogens is 460 g/mol. The molecule has 0 unspecified atom stereocenters. The van der Waals surface area contributed by atoms with Crippen LogP contribution in [0.5, 0.6) is 0 Å². The molecule has 2 heterocycles. The lowest BCUT2D eigenvalue weighted by Crippen LogP contribution is -2.43. The first-order valence-electron chi connectivity index (χ1n) is 12.3. The van der Waals surface area contributed by atoms with Crippen molar-refractivity contribution in [3.05, 3.63) is 83.0 Å². The van der Waals surface area contributed by atoms with Crippen LogP contribution >= 0.6 is 23.8 Å². The molecule has 5 rings (SSSR count). The number of aromatic nitrogens is 1. The zero-order valence-corrected chi connectivity index (χ0v) is 21.0. The van der Waals surface area contributed by atoms with E-state index in [-0.39, 0.29) is 5.41 Å². The zero-order chi connectivity index (χ0) is 23.4. The van der Waals surface area contributed by atoms with E-state index in [2.05, 4.69) is 64.1 Å². The maximum Gasteiger partial charge on any atom is 0.170 e. The van der Waals surface area contributed by atoms with E-state index in [9.17, 15) is 0 Å². The molecular formula is C28H31ClN4S. The van der Waals surface area contributed by atoms with Gasteiger partial charge in [0, 0.05) is 29.2 Å². The van der Waals surface area contributed by atoms with Crippen molar-refractivity contribution in [1.82, 2.24) is 10.3 Å². The van der Waals surface area contributed by atoms with E-state index < -0.39 is 0 Å². The number of fused-ring (bicyclic) bond motifs is 1. The fraction of sp³-hybridized carbons (Fsp3) is 0.357. The number of nitrogens with zero attached hydrogens (tertiary/aromatic N) is 2. The number of halogens is 1. The highest BCUT2D eigenvalue weighted by Crippen LogP contribution is 2.39. The Hall–Kier alpha value is -2.63. The molecule has 2 N–H and O–H groups in total. The first kappa shape index (κ1) is 23.1. The zero-order valence-electron chi connectivity index (χ0n) is 19.4. The van der Waals surface area contributed by atoms with Gasteiger partial charge in [0.1, 0.15) is 5.82 Å². The van der Waals surface area contributed by atoms with Crippen LogP contribution in [0.15, 0.2) is 66.9 Å². The number of aryl methyl sites for hydroxylation is 1. The lowest BCUT2D eigenvalue weighted by atomic mass is 9.69. The molecule has 4 nitrogen and oxygen atoms in total. The summed E-state index contributed by atoms with van der Waals surface area (Å²) in [6.07, 6.45) is 10.3. The minimum Gasteiger partial charge on any atom is -0.362 e. The Morgan fingerprint density at radius 1 is 0.971 bits per heavy atom. The molecule has 0 amide bonds. The van der Waals surface area contributed by atoms with Crippen LogP contribution in [0.2, 0.25) is 5.02 Å². The van der Waals surface area contributed by atoms with E-state index in [4.69, 9.17) is 28.8 Å². The fourth-order valence-electron chi connectivity index (χ4n) is 5.42. The van der Waals surface area contributed by atoms with E-state index in [0.717, 1.165) is 55.3 Å². The molecule has 0 radical (unpaired) electrons. The fourth-order valence-corrected chi connectivity index (χ4v) is 5.73. The molecule has 1 fully saturated rings. The van der Waals surface area contributed by atoms with Crippen LogP contribution in [0.25, 0.3) is 0 Å². The molecule has 3 aromatic rings. The predicted octanol–water partition coefficient (Wildman–Crippen LogP) is 7.01. The van der Waals surface area contributed by atoms with Gasteiger partial charge in [-0.05, 0) is 79.4 Å². The molecule has 0 atom stereocenters. The number of hydrogen-bond donors (Lipinski definition) is 2. The topological polar surface area (TPSA) is 40.2 Å². The van der Waals surface area contributed by atoms with Crippen molar-refractivity contribution in [1.29, 1.82) is 0 Å². The maximum absolute atomic E-state index is 6.14. The van der Waals surface area contributed by atoms with Gasteiger partial charge in [-0.1, -0.05) is 61.2 Å². The van der Waals surface area contributed by atoms with Gasteiger partial charge < -0.3 is 15.5 Å². The smallest absolute Gasteiger partial charge is 0.170 e. The van der Waals surface area contributed by atoms with Crippen LogP contribution in [-0.4, -0.2) is 23.2 Å². The van der Waals surface area contributed by atoms with Gasteiger partial charge in [0.05, 0.1) is 11.9 Å². The van der Waals surface area contributed by atoms with E-state index in [1.54, 1.807) is 0 Å². The third-order valence-electron chi connectivity index (χ3n) is 7.25. The van der Waals surface area contributed by atoms with Gasteiger partial charge >= 0.3 is 0 Å². The van der Waals surface area contributed by atoms with Crippen molar-refractivity contribution in [3.63, 3.8) is 0 Å². The third-order valence-corrected chi connectivity index (χ3v) is 7.75. The molecule has 6 heteroatoms. The highest BCUT2D eigenvalue weighted by molar-refractivity contribution is 7.80. The summed E-state index contributed by atoms with van der Waals surface area (Å²) in [5.74, 6) is 0.973.